The minimum absolute atomic E-state index is 0.419. The second kappa shape index (κ2) is 7.79. The van der Waals surface area contributed by atoms with Gasteiger partial charge in [0, 0.05) is 19.3 Å². The molecule has 0 radical (unpaired) electrons. The molecular weight excluding hydrogens is 202 g/mol. The second-order valence-corrected chi connectivity index (χ2v) is 3.73. The number of hydrogen-bond acceptors (Lipinski definition) is 4. The van der Waals surface area contributed by atoms with Crippen molar-refractivity contribution in [1.29, 1.82) is 0 Å². The van der Waals surface area contributed by atoms with Crippen molar-refractivity contribution in [2.45, 2.75) is 26.2 Å². The van der Waals surface area contributed by atoms with Crippen LogP contribution in [-0.2, 0) is 0 Å². The van der Waals surface area contributed by atoms with E-state index in [9.17, 15) is 4.91 Å². The highest BCUT2D eigenvalue weighted by molar-refractivity contribution is 5.37. The maximum atomic E-state index is 9.97. The van der Waals surface area contributed by atoms with Crippen LogP contribution in [0.5, 0.6) is 0 Å². The van der Waals surface area contributed by atoms with Crippen LogP contribution in [0, 0.1) is 4.91 Å². The Hall–Kier alpha value is -1.45. The van der Waals surface area contributed by atoms with Gasteiger partial charge in [0.15, 0.2) is 0 Å². The smallest absolute Gasteiger partial charge is 0.128 e. The lowest BCUT2D eigenvalue weighted by atomic mass is 10.2. The molecule has 16 heavy (non-hydrogen) atoms. The molecule has 88 valence electrons. The SMILES string of the molecule is CCCN(CCCCN=O)c1ccccn1. The van der Waals surface area contributed by atoms with Gasteiger partial charge in [-0.3, -0.25) is 0 Å². The van der Waals surface area contributed by atoms with Crippen molar-refractivity contribution in [2.75, 3.05) is 24.5 Å². The molecule has 1 aromatic rings. The summed E-state index contributed by atoms with van der Waals surface area (Å²) in [5, 5.41) is 2.87. The summed E-state index contributed by atoms with van der Waals surface area (Å²) in [6.07, 6.45) is 4.76. The highest BCUT2D eigenvalue weighted by Crippen LogP contribution is 2.10. The molecule has 1 heterocycles. The summed E-state index contributed by atoms with van der Waals surface area (Å²) in [5.41, 5.74) is 0. The van der Waals surface area contributed by atoms with Crippen molar-refractivity contribution >= 4 is 5.82 Å². The van der Waals surface area contributed by atoms with Crippen molar-refractivity contribution < 1.29 is 0 Å². The van der Waals surface area contributed by atoms with Gasteiger partial charge in [-0.1, -0.05) is 18.2 Å². The van der Waals surface area contributed by atoms with E-state index in [2.05, 4.69) is 22.0 Å². The molecular formula is C12H19N3O. The molecule has 4 nitrogen and oxygen atoms in total. The van der Waals surface area contributed by atoms with E-state index < -0.39 is 0 Å². The quantitative estimate of drug-likeness (QED) is 0.501. The molecule has 0 N–H and O–H groups in total. The van der Waals surface area contributed by atoms with Crippen LogP contribution in [-0.4, -0.2) is 24.6 Å². The number of anilines is 1. The summed E-state index contributed by atoms with van der Waals surface area (Å²) in [7, 11) is 0. The number of aromatic nitrogens is 1. The van der Waals surface area contributed by atoms with Crippen LogP contribution in [0.4, 0.5) is 5.82 Å². The van der Waals surface area contributed by atoms with E-state index in [1.54, 1.807) is 0 Å². The normalized spacial score (nSPS) is 10.1. The standard InChI is InChI=1S/C12H19N3O/c1-2-10-15(11-6-5-9-14-16)12-7-3-4-8-13-12/h3-4,7-8H,2,5-6,9-11H2,1H3. The third-order valence-electron chi connectivity index (χ3n) is 2.39. The molecule has 0 saturated carbocycles. The molecule has 0 aliphatic heterocycles. The van der Waals surface area contributed by atoms with E-state index >= 15 is 0 Å². The molecule has 0 atom stereocenters. The zero-order valence-electron chi connectivity index (χ0n) is 9.80. The van der Waals surface area contributed by atoms with Gasteiger partial charge < -0.3 is 4.90 Å². The average Bonchev–Trinajstić information content (AvgIpc) is 2.34. The van der Waals surface area contributed by atoms with E-state index in [1.807, 2.05) is 24.4 Å². The summed E-state index contributed by atoms with van der Waals surface area (Å²) < 4.78 is 0. The summed E-state index contributed by atoms with van der Waals surface area (Å²) in [6, 6.07) is 5.94. The molecule has 4 heteroatoms. The second-order valence-electron chi connectivity index (χ2n) is 3.73. The Morgan fingerprint density at radius 3 is 2.81 bits per heavy atom. The Balaban J connectivity index is 2.44. The Morgan fingerprint density at radius 1 is 1.31 bits per heavy atom. The summed E-state index contributed by atoms with van der Waals surface area (Å²) in [4.78, 5) is 16.6. The highest BCUT2D eigenvalue weighted by atomic mass is 16.3. The van der Waals surface area contributed by atoms with Gasteiger partial charge in [0.05, 0.1) is 6.54 Å². The lowest BCUT2D eigenvalue weighted by Gasteiger charge is -2.22. The molecule has 0 unspecified atom stereocenters. The number of unbranched alkanes of at least 4 members (excludes halogenated alkanes) is 1. The van der Waals surface area contributed by atoms with E-state index in [1.165, 1.54) is 0 Å². The number of hydrogen-bond donors (Lipinski definition) is 0. The fourth-order valence-electron chi connectivity index (χ4n) is 1.63. The molecule has 1 rings (SSSR count). The average molecular weight is 221 g/mol. The molecule has 0 amide bonds. The van der Waals surface area contributed by atoms with E-state index in [0.717, 1.165) is 38.2 Å². The lowest BCUT2D eigenvalue weighted by molar-refractivity contribution is 0.677. The minimum Gasteiger partial charge on any atom is -0.357 e. The van der Waals surface area contributed by atoms with Gasteiger partial charge in [-0.15, -0.1) is 0 Å². The van der Waals surface area contributed by atoms with Gasteiger partial charge in [0.1, 0.15) is 5.82 Å². The Morgan fingerprint density at radius 2 is 2.19 bits per heavy atom. The van der Waals surface area contributed by atoms with Gasteiger partial charge in [-0.05, 0) is 31.4 Å². The molecule has 1 aromatic heterocycles. The largest absolute Gasteiger partial charge is 0.357 e. The van der Waals surface area contributed by atoms with Gasteiger partial charge >= 0.3 is 0 Å². The van der Waals surface area contributed by atoms with Gasteiger partial charge in [0.2, 0.25) is 0 Å². The first-order valence-electron chi connectivity index (χ1n) is 5.83. The number of nitroso groups, excluding NO2 is 1. The summed E-state index contributed by atoms with van der Waals surface area (Å²) >= 11 is 0. The van der Waals surface area contributed by atoms with Gasteiger partial charge in [0.25, 0.3) is 0 Å². The lowest BCUT2D eigenvalue weighted by Crippen LogP contribution is -2.26. The van der Waals surface area contributed by atoms with E-state index in [0.29, 0.717) is 6.54 Å². The first-order valence-corrected chi connectivity index (χ1v) is 5.83. The van der Waals surface area contributed by atoms with Crippen LogP contribution in [0.15, 0.2) is 29.6 Å². The fourth-order valence-corrected chi connectivity index (χ4v) is 1.63. The number of nitrogens with zero attached hydrogens (tertiary/aromatic N) is 3. The van der Waals surface area contributed by atoms with Crippen molar-refractivity contribution in [3.8, 4) is 0 Å². The van der Waals surface area contributed by atoms with Crippen molar-refractivity contribution in [3.63, 3.8) is 0 Å². The van der Waals surface area contributed by atoms with Crippen molar-refractivity contribution in [1.82, 2.24) is 4.98 Å². The maximum absolute atomic E-state index is 9.97. The third-order valence-corrected chi connectivity index (χ3v) is 2.39. The number of rotatable bonds is 8. The zero-order chi connectivity index (χ0) is 11.6. The van der Waals surface area contributed by atoms with Crippen molar-refractivity contribution in [3.05, 3.63) is 29.3 Å². The molecule has 0 aliphatic carbocycles. The van der Waals surface area contributed by atoms with Crippen molar-refractivity contribution in [2.24, 2.45) is 5.18 Å². The molecule has 0 aromatic carbocycles. The first-order chi connectivity index (χ1) is 7.88. The molecule has 0 spiro atoms. The molecule has 0 saturated heterocycles. The van der Waals surface area contributed by atoms with Crippen LogP contribution in [0.3, 0.4) is 0 Å². The fraction of sp³-hybridized carbons (Fsp3) is 0.583. The predicted molar refractivity (Wildman–Crippen MR) is 66.6 cm³/mol. The van der Waals surface area contributed by atoms with Gasteiger partial charge in [-0.2, -0.15) is 4.91 Å². The van der Waals surface area contributed by atoms with E-state index in [-0.39, 0.29) is 0 Å². The Kier molecular flexibility index (Phi) is 6.15. The summed E-state index contributed by atoms with van der Waals surface area (Å²) in [6.45, 7) is 4.52. The van der Waals surface area contributed by atoms with Crippen LogP contribution in [0.2, 0.25) is 0 Å². The molecule has 0 bridgehead atoms. The van der Waals surface area contributed by atoms with Gasteiger partial charge in [-0.25, -0.2) is 4.98 Å². The summed E-state index contributed by atoms with van der Waals surface area (Å²) in [5.74, 6) is 1.02. The highest BCUT2D eigenvalue weighted by Gasteiger charge is 2.05. The first kappa shape index (κ1) is 12.6. The predicted octanol–water partition coefficient (Wildman–Crippen LogP) is 2.84. The minimum atomic E-state index is 0.419. The van der Waals surface area contributed by atoms with Crippen LogP contribution in [0.25, 0.3) is 0 Å². The Bertz CT molecular complexity index is 290. The van der Waals surface area contributed by atoms with E-state index in [4.69, 9.17) is 0 Å². The Labute approximate surface area is 96.7 Å². The maximum Gasteiger partial charge on any atom is 0.128 e. The molecule has 0 aliphatic rings. The third kappa shape index (κ3) is 4.38. The molecule has 0 fully saturated rings. The van der Waals surface area contributed by atoms with Crippen LogP contribution in [0.1, 0.15) is 26.2 Å². The van der Waals surface area contributed by atoms with Crippen LogP contribution < -0.4 is 4.90 Å². The topological polar surface area (TPSA) is 45.6 Å². The zero-order valence-corrected chi connectivity index (χ0v) is 9.80. The monoisotopic (exact) mass is 221 g/mol. The van der Waals surface area contributed by atoms with Crippen LogP contribution >= 0.6 is 0 Å². The number of pyridine rings is 1.